The van der Waals surface area contributed by atoms with Crippen LogP contribution in [0.15, 0.2) is 45.8 Å². The number of benzene rings is 2. The SMILES string of the molecule is CCCN1C(=O)/C(=C2\SC(=S)N(CCc3ccc(OC)c(OC)c3)C2=O)c2cc(Br)ccc21. The molecule has 172 valence electrons. The van der Waals surface area contributed by atoms with Gasteiger partial charge in [0.1, 0.15) is 4.32 Å². The van der Waals surface area contributed by atoms with Gasteiger partial charge in [-0.05, 0) is 48.7 Å². The van der Waals surface area contributed by atoms with Gasteiger partial charge in [0.25, 0.3) is 11.8 Å². The van der Waals surface area contributed by atoms with Crippen molar-refractivity contribution in [2.24, 2.45) is 0 Å². The molecule has 0 N–H and O–H groups in total. The van der Waals surface area contributed by atoms with Gasteiger partial charge in [-0.2, -0.15) is 0 Å². The van der Waals surface area contributed by atoms with Crippen molar-refractivity contribution in [1.82, 2.24) is 4.90 Å². The molecule has 2 aliphatic rings. The van der Waals surface area contributed by atoms with E-state index in [2.05, 4.69) is 15.9 Å². The first kappa shape index (κ1) is 23.8. The average molecular weight is 547 g/mol. The number of rotatable bonds is 7. The van der Waals surface area contributed by atoms with E-state index in [-0.39, 0.29) is 11.8 Å². The number of methoxy groups -OCH3 is 2. The molecule has 2 aliphatic heterocycles. The van der Waals surface area contributed by atoms with E-state index >= 15 is 0 Å². The zero-order chi connectivity index (χ0) is 23.7. The van der Waals surface area contributed by atoms with Gasteiger partial charge in [-0.1, -0.05) is 52.9 Å². The Hall–Kier alpha value is -2.36. The lowest BCUT2D eigenvalue weighted by atomic mass is 10.1. The lowest BCUT2D eigenvalue weighted by molar-refractivity contribution is -0.122. The van der Waals surface area contributed by atoms with Gasteiger partial charge < -0.3 is 14.4 Å². The quantitative estimate of drug-likeness (QED) is 0.358. The van der Waals surface area contributed by atoms with E-state index < -0.39 is 0 Å². The molecule has 0 spiro atoms. The number of anilines is 1. The summed E-state index contributed by atoms with van der Waals surface area (Å²) in [5, 5.41) is 0. The summed E-state index contributed by atoms with van der Waals surface area (Å²) in [7, 11) is 3.18. The largest absolute Gasteiger partial charge is 0.493 e. The van der Waals surface area contributed by atoms with Crippen LogP contribution in [0, 0.1) is 0 Å². The molecule has 0 aromatic heterocycles. The molecule has 0 bridgehead atoms. The van der Waals surface area contributed by atoms with Gasteiger partial charge in [0.15, 0.2) is 11.5 Å². The van der Waals surface area contributed by atoms with Crippen LogP contribution in [0.2, 0.25) is 0 Å². The van der Waals surface area contributed by atoms with Crippen LogP contribution >= 0.6 is 39.9 Å². The highest BCUT2D eigenvalue weighted by atomic mass is 79.9. The number of ether oxygens (including phenoxy) is 2. The van der Waals surface area contributed by atoms with Crippen LogP contribution in [0.3, 0.4) is 0 Å². The Labute approximate surface area is 211 Å². The highest BCUT2D eigenvalue weighted by Gasteiger charge is 2.41. The number of carbonyl (C=O) groups is 2. The number of thiocarbonyl (C=S) groups is 1. The smallest absolute Gasteiger partial charge is 0.267 e. The van der Waals surface area contributed by atoms with Crippen molar-refractivity contribution in [3.8, 4) is 11.5 Å². The summed E-state index contributed by atoms with van der Waals surface area (Å²) in [6, 6.07) is 11.4. The van der Waals surface area contributed by atoms with E-state index in [9.17, 15) is 9.59 Å². The van der Waals surface area contributed by atoms with Gasteiger partial charge in [-0.15, -0.1) is 0 Å². The second kappa shape index (κ2) is 9.87. The number of nitrogens with zero attached hydrogens (tertiary/aromatic N) is 2. The minimum Gasteiger partial charge on any atom is -0.493 e. The van der Waals surface area contributed by atoms with Crippen LogP contribution in [-0.2, 0) is 16.0 Å². The van der Waals surface area contributed by atoms with Crippen LogP contribution in [0.25, 0.3) is 5.57 Å². The Balaban J connectivity index is 1.62. The van der Waals surface area contributed by atoms with Crippen molar-refractivity contribution in [2.75, 3.05) is 32.2 Å². The second-order valence-electron chi connectivity index (χ2n) is 7.59. The molecule has 33 heavy (non-hydrogen) atoms. The summed E-state index contributed by atoms with van der Waals surface area (Å²) < 4.78 is 12.0. The predicted molar refractivity (Wildman–Crippen MR) is 139 cm³/mol. The second-order valence-corrected chi connectivity index (χ2v) is 10.1. The summed E-state index contributed by atoms with van der Waals surface area (Å²) >= 11 is 10.2. The molecule has 2 aromatic carbocycles. The van der Waals surface area contributed by atoms with Crippen LogP contribution in [0.4, 0.5) is 5.69 Å². The Morgan fingerprint density at radius 1 is 0.970 bits per heavy atom. The number of halogens is 1. The maximum Gasteiger partial charge on any atom is 0.267 e. The molecule has 9 heteroatoms. The molecule has 0 atom stereocenters. The lowest BCUT2D eigenvalue weighted by Crippen LogP contribution is -2.31. The zero-order valence-electron chi connectivity index (χ0n) is 18.5. The van der Waals surface area contributed by atoms with E-state index in [4.69, 9.17) is 21.7 Å². The normalized spacial score (nSPS) is 17.8. The predicted octanol–water partition coefficient (Wildman–Crippen LogP) is 5.04. The van der Waals surface area contributed by atoms with Crippen molar-refractivity contribution in [3.05, 3.63) is 56.9 Å². The molecule has 1 fully saturated rings. The fourth-order valence-corrected chi connectivity index (χ4v) is 5.73. The van der Waals surface area contributed by atoms with E-state index in [0.29, 0.717) is 45.8 Å². The Morgan fingerprint density at radius 3 is 2.42 bits per heavy atom. The maximum atomic E-state index is 13.4. The molecule has 0 aliphatic carbocycles. The van der Waals surface area contributed by atoms with Crippen molar-refractivity contribution < 1.29 is 19.1 Å². The maximum absolute atomic E-state index is 13.4. The molecule has 0 unspecified atom stereocenters. The Bertz CT molecular complexity index is 1180. The minimum absolute atomic E-state index is 0.148. The van der Waals surface area contributed by atoms with Gasteiger partial charge >= 0.3 is 0 Å². The lowest BCUT2D eigenvalue weighted by Gasteiger charge is -2.16. The molecule has 1 saturated heterocycles. The molecule has 2 amide bonds. The van der Waals surface area contributed by atoms with Gasteiger partial charge in [0.05, 0.1) is 30.4 Å². The number of hydrogen-bond acceptors (Lipinski definition) is 6. The van der Waals surface area contributed by atoms with E-state index in [1.165, 1.54) is 11.8 Å². The Morgan fingerprint density at radius 2 is 1.73 bits per heavy atom. The van der Waals surface area contributed by atoms with E-state index in [1.54, 1.807) is 24.0 Å². The number of carbonyl (C=O) groups excluding carboxylic acids is 2. The van der Waals surface area contributed by atoms with Gasteiger partial charge in [-0.3, -0.25) is 14.5 Å². The number of amides is 2. The molecule has 6 nitrogen and oxygen atoms in total. The first-order chi connectivity index (χ1) is 15.9. The number of hydrogen-bond donors (Lipinski definition) is 0. The molecular formula is C24H23BrN2O4S2. The molecule has 0 radical (unpaired) electrons. The fraction of sp³-hybridized carbons (Fsp3) is 0.292. The van der Waals surface area contributed by atoms with Crippen LogP contribution < -0.4 is 14.4 Å². The third-order valence-electron chi connectivity index (χ3n) is 5.57. The van der Waals surface area contributed by atoms with Gasteiger partial charge in [-0.25, -0.2) is 0 Å². The Kier molecular flexibility index (Phi) is 7.11. The molecule has 2 heterocycles. The van der Waals surface area contributed by atoms with Crippen molar-refractivity contribution in [2.45, 2.75) is 19.8 Å². The van der Waals surface area contributed by atoms with Crippen molar-refractivity contribution >= 4 is 67.3 Å². The highest BCUT2D eigenvalue weighted by molar-refractivity contribution is 9.10. The standard InChI is InChI=1S/C24H23BrN2O4S2/c1-4-10-26-17-7-6-15(25)13-16(17)20(22(26)28)21-23(29)27(24(32)33-21)11-9-14-5-8-18(30-2)19(12-14)31-3/h5-8,12-13H,4,9-11H2,1-3H3/b21-20-. The summed E-state index contributed by atoms with van der Waals surface area (Å²) in [6.07, 6.45) is 1.41. The highest BCUT2D eigenvalue weighted by Crippen LogP contribution is 2.45. The monoisotopic (exact) mass is 546 g/mol. The third-order valence-corrected chi connectivity index (χ3v) is 7.51. The van der Waals surface area contributed by atoms with Crippen LogP contribution in [0.1, 0.15) is 24.5 Å². The first-order valence-corrected chi connectivity index (χ1v) is 12.5. The molecule has 4 rings (SSSR count). The van der Waals surface area contributed by atoms with Crippen LogP contribution in [-0.4, -0.2) is 48.3 Å². The van der Waals surface area contributed by atoms with Gasteiger partial charge in [0.2, 0.25) is 0 Å². The molecule has 2 aromatic rings. The minimum atomic E-state index is -0.224. The van der Waals surface area contributed by atoms with Gasteiger partial charge in [0, 0.05) is 23.1 Å². The average Bonchev–Trinajstić information content (AvgIpc) is 3.23. The summed E-state index contributed by atoms with van der Waals surface area (Å²) in [5.41, 5.74) is 3.03. The third kappa shape index (κ3) is 4.41. The summed E-state index contributed by atoms with van der Waals surface area (Å²) in [4.78, 5) is 30.4. The van der Waals surface area contributed by atoms with E-state index in [1.807, 2.05) is 43.3 Å². The number of thioether (sulfide) groups is 1. The molecule has 0 saturated carbocycles. The fourth-order valence-electron chi connectivity index (χ4n) is 3.99. The summed E-state index contributed by atoms with van der Waals surface area (Å²) in [5.74, 6) is 0.915. The topological polar surface area (TPSA) is 59.1 Å². The molecular weight excluding hydrogens is 524 g/mol. The summed E-state index contributed by atoms with van der Waals surface area (Å²) in [6.45, 7) is 3.03. The van der Waals surface area contributed by atoms with Crippen molar-refractivity contribution in [1.29, 1.82) is 0 Å². The van der Waals surface area contributed by atoms with Crippen molar-refractivity contribution in [3.63, 3.8) is 0 Å². The number of fused-ring (bicyclic) bond motifs is 1. The zero-order valence-corrected chi connectivity index (χ0v) is 21.7. The van der Waals surface area contributed by atoms with E-state index in [0.717, 1.165) is 27.7 Å². The van der Waals surface area contributed by atoms with Crippen LogP contribution in [0.5, 0.6) is 11.5 Å². The first-order valence-electron chi connectivity index (χ1n) is 10.5.